The molecule has 0 radical (unpaired) electrons. The fourth-order valence-electron chi connectivity index (χ4n) is 1.66. The van der Waals surface area contributed by atoms with Crippen LogP contribution in [0.2, 0.25) is 0 Å². The van der Waals surface area contributed by atoms with Gasteiger partial charge in [0.15, 0.2) is 0 Å². The molecule has 1 aromatic heterocycles. The van der Waals surface area contributed by atoms with E-state index < -0.39 is 0 Å². The summed E-state index contributed by atoms with van der Waals surface area (Å²) in [5.74, 6) is 7.00. The Hall–Kier alpha value is -2.21. The van der Waals surface area contributed by atoms with Crippen LogP contribution in [0, 0.1) is 5.82 Å². The van der Waals surface area contributed by atoms with Gasteiger partial charge in [-0.1, -0.05) is 19.1 Å². The van der Waals surface area contributed by atoms with Crippen molar-refractivity contribution in [2.75, 3.05) is 10.7 Å². The maximum absolute atomic E-state index is 13.1. The van der Waals surface area contributed by atoms with E-state index in [2.05, 4.69) is 20.7 Å². The Morgan fingerprint density at radius 1 is 1.21 bits per heavy atom. The molecular weight excluding hydrogens is 245 g/mol. The highest BCUT2D eigenvalue weighted by molar-refractivity contribution is 5.47. The Morgan fingerprint density at radius 2 is 2.00 bits per heavy atom. The number of aryl methyl sites for hydroxylation is 1. The highest BCUT2D eigenvalue weighted by Crippen LogP contribution is 2.12. The van der Waals surface area contributed by atoms with Gasteiger partial charge in [-0.2, -0.15) is 0 Å². The van der Waals surface area contributed by atoms with E-state index in [1.165, 1.54) is 12.1 Å². The third-order valence-corrected chi connectivity index (χ3v) is 2.60. The molecule has 0 atom stereocenters. The molecule has 0 saturated carbocycles. The minimum Gasteiger partial charge on any atom is -0.366 e. The van der Waals surface area contributed by atoms with Gasteiger partial charge in [0.05, 0.1) is 0 Å². The largest absolute Gasteiger partial charge is 0.366 e. The number of rotatable bonds is 5. The van der Waals surface area contributed by atoms with E-state index in [-0.39, 0.29) is 5.82 Å². The van der Waals surface area contributed by atoms with Crippen molar-refractivity contribution < 1.29 is 4.39 Å². The zero-order valence-corrected chi connectivity index (χ0v) is 10.7. The predicted octanol–water partition coefficient (Wildman–Crippen LogP) is 2.08. The summed E-state index contributed by atoms with van der Waals surface area (Å²) < 4.78 is 13.1. The van der Waals surface area contributed by atoms with E-state index in [9.17, 15) is 4.39 Å². The molecule has 19 heavy (non-hydrogen) atoms. The number of nitrogen functional groups attached to an aromatic ring is 1. The third kappa shape index (κ3) is 3.62. The van der Waals surface area contributed by atoms with Crippen molar-refractivity contribution in [3.8, 4) is 0 Å². The molecular formula is C13H16FN5. The van der Waals surface area contributed by atoms with Gasteiger partial charge in [-0.05, 0) is 17.7 Å². The summed E-state index contributed by atoms with van der Waals surface area (Å²) in [6, 6.07) is 8.13. The van der Waals surface area contributed by atoms with Crippen LogP contribution in [0.25, 0.3) is 0 Å². The number of hydrogen-bond donors (Lipinski definition) is 3. The van der Waals surface area contributed by atoms with Gasteiger partial charge in [-0.3, -0.25) is 0 Å². The summed E-state index contributed by atoms with van der Waals surface area (Å²) in [6.45, 7) is 2.45. The molecule has 0 saturated heterocycles. The van der Waals surface area contributed by atoms with Crippen molar-refractivity contribution in [1.29, 1.82) is 0 Å². The monoisotopic (exact) mass is 261 g/mol. The fraction of sp³-hybridized carbons (Fsp3) is 0.231. The molecule has 4 N–H and O–H groups in total. The van der Waals surface area contributed by atoms with E-state index >= 15 is 0 Å². The second kappa shape index (κ2) is 6.10. The summed E-state index contributed by atoms with van der Waals surface area (Å²) in [6.07, 6.45) is 0.712. The van der Waals surface area contributed by atoms with Gasteiger partial charge >= 0.3 is 0 Å². The Balaban J connectivity index is 2.10. The maximum Gasteiger partial charge on any atom is 0.145 e. The van der Waals surface area contributed by atoms with Gasteiger partial charge in [0.25, 0.3) is 0 Å². The summed E-state index contributed by atoms with van der Waals surface area (Å²) in [7, 11) is 0. The van der Waals surface area contributed by atoms with Crippen LogP contribution in [0.5, 0.6) is 0 Å². The molecule has 1 aromatic carbocycles. The average molecular weight is 261 g/mol. The van der Waals surface area contributed by atoms with Crippen molar-refractivity contribution in [1.82, 2.24) is 9.97 Å². The lowest BCUT2D eigenvalue weighted by atomic mass is 10.2. The van der Waals surface area contributed by atoms with Crippen molar-refractivity contribution in [2.45, 2.75) is 19.9 Å². The van der Waals surface area contributed by atoms with Crippen LogP contribution in [0.4, 0.5) is 16.0 Å². The molecule has 0 unspecified atom stereocenters. The molecule has 1 heterocycles. The standard InChI is InChI=1S/C13H16FN5/c1-2-11-17-12(7-13(18-11)19-15)16-8-9-4-3-5-10(14)6-9/h3-7H,2,8,15H2,1H3,(H2,16,17,18,19). The minimum absolute atomic E-state index is 0.249. The van der Waals surface area contributed by atoms with Crippen LogP contribution in [-0.4, -0.2) is 9.97 Å². The number of hydrogen-bond acceptors (Lipinski definition) is 5. The van der Waals surface area contributed by atoms with Gasteiger partial charge in [0.2, 0.25) is 0 Å². The minimum atomic E-state index is -0.249. The fourth-order valence-corrected chi connectivity index (χ4v) is 1.66. The quantitative estimate of drug-likeness (QED) is 0.567. The first-order chi connectivity index (χ1) is 9.21. The number of anilines is 2. The van der Waals surface area contributed by atoms with Gasteiger partial charge in [0.1, 0.15) is 23.3 Å². The lowest BCUT2D eigenvalue weighted by Crippen LogP contribution is -2.12. The molecule has 2 rings (SSSR count). The van der Waals surface area contributed by atoms with Crippen LogP contribution in [0.15, 0.2) is 30.3 Å². The molecule has 0 fully saturated rings. The summed E-state index contributed by atoms with van der Waals surface area (Å²) in [4.78, 5) is 8.52. The molecule has 6 heteroatoms. The molecule has 0 aliphatic carbocycles. The number of nitrogens with two attached hydrogens (primary N) is 1. The Kier molecular flexibility index (Phi) is 4.25. The smallest absolute Gasteiger partial charge is 0.145 e. The number of nitrogens with zero attached hydrogens (tertiary/aromatic N) is 2. The van der Waals surface area contributed by atoms with E-state index in [4.69, 9.17) is 5.84 Å². The van der Waals surface area contributed by atoms with Gasteiger partial charge in [-0.15, -0.1) is 0 Å². The van der Waals surface area contributed by atoms with Crippen LogP contribution >= 0.6 is 0 Å². The lowest BCUT2D eigenvalue weighted by Gasteiger charge is -2.09. The second-order valence-electron chi connectivity index (χ2n) is 4.04. The van der Waals surface area contributed by atoms with Gasteiger partial charge in [-0.25, -0.2) is 20.2 Å². The van der Waals surface area contributed by atoms with E-state index in [1.807, 2.05) is 13.0 Å². The summed E-state index contributed by atoms with van der Waals surface area (Å²) in [5, 5.41) is 3.12. The molecule has 5 nitrogen and oxygen atoms in total. The Morgan fingerprint density at radius 3 is 2.68 bits per heavy atom. The zero-order chi connectivity index (χ0) is 13.7. The second-order valence-corrected chi connectivity index (χ2v) is 4.04. The molecule has 0 aliphatic rings. The maximum atomic E-state index is 13.1. The van der Waals surface area contributed by atoms with E-state index in [0.29, 0.717) is 30.4 Å². The van der Waals surface area contributed by atoms with Crippen LogP contribution in [0.3, 0.4) is 0 Å². The number of halogens is 1. The lowest BCUT2D eigenvalue weighted by molar-refractivity contribution is 0.626. The van der Waals surface area contributed by atoms with E-state index in [1.54, 1.807) is 12.1 Å². The Bertz CT molecular complexity index is 536. The molecule has 0 spiro atoms. The zero-order valence-electron chi connectivity index (χ0n) is 10.7. The highest BCUT2D eigenvalue weighted by atomic mass is 19.1. The van der Waals surface area contributed by atoms with Crippen LogP contribution in [-0.2, 0) is 13.0 Å². The van der Waals surface area contributed by atoms with Gasteiger partial charge < -0.3 is 10.7 Å². The normalized spacial score (nSPS) is 10.3. The topological polar surface area (TPSA) is 75.9 Å². The molecule has 0 bridgehead atoms. The highest BCUT2D eigenvalue weighted by Gasteiger charge is 2.03. The van der Waals surface area contributed by atoms with Crippen LogP contribution in [0.1, 0.15) is 18.3 Å². The number of aromatic nitrogens is 2. The van der Waals surface area contributed by atoms with Crippen molar-refractivity contribution in [3.05, 3.63) is 47.5 Å². The molecule has 2 aromatic rings. The SMILES string of the molecule is CCc1nc(NN)cc(NCc2cccc(F)c2)n1. The first kappa shape index (κ1) is 13.2. The number of benzene rings is 1. The van der Waals surface area contributed by atoms with Crippen molar-refractivity contribution >= 4 is 11.6 Å². The number of nitrogens with one attached hydrogen (secondary N) is 2. The Labute approximate surface area is 111 Å². The third-order valence-electron chi connectivity index (χ3n) is 2.60. The molecule has 0 aliphatic heterocycles. The summed E-state index contributed by atoms with van der Waals surface area (Å²) in [5.41, 5.74) is 3.34. The average Bonchev–Trinajstić information content (AvgIpc) is 2.44. The first-order valence-electron chi connectivity index (χ1n) is 6.04. The summed E-state index contributed by atoms with van der Waals surface area (Å²) >= 11 is 0. The molecule has 0 amide bonds. The van der Waals surface area contributed by atoms with Crippen molar-refractivity contribution in [2.24, 2.45) is 5.84 Å². The number of hydrazine groups is 1. The van der Waals surface area contributed by atoms with Crippen LogP contribution < -0.4 is 16.6 Å². The predicted molar refractivity (Wildman–Crippen MR) is 72.9 cm³/mol. The van der Waals surface area contributed by atoms with E-state index in [0.717, 1.165) is 5.56 Å². The molecule has 100 valence electrons. The van der Waals surface area contributed by atoms with Crippen molar-refractivity contribution in [3.63, 3.8) is 0 Å². The first-order valence-corrected chi connectivity index (χ1v) is 6.04. The van der Waals surface area contributed by atoms with Gasteiger partial charge in [0, 0.05) is 19.0 Å².